The average molecular weight is 261 g/mol. The highest BCUT2D eigenvalue weighted by molar-refractivity contribution is 6.08. The van der Waals surface area contributed by atoms with Crippen LogP contribution >= 0.6 is 0 Å². The van der Waals surface area contributed by atoms with Crippen molar-refractivity contribution in [1.29, 1.82) is 0 Å². The molecule has 2 unspecified atom stereocenters. The number of carbonyl (C=O) groups is 2. The minimum Gasteiger partial charge on any atom is -0.493 e. The molecule has 2 heterocycles. The summed E-state index contributed by atoms with van der Waals surface area (Å²) in [7, 11) is 0. The summed E-state index contributed by atoms with van der Waals surface area (Å²) < 4.78 is 5.60. The fraction of sp³-hybridized carbons (Fsp3) is 0.429. The number of aliphatic hydroxyl groups is 1. The smallest absolute Gasteiger partial charge is 0.237 e. The second-order valence-corrected chi connectivity index (χ2v) is 4.81. The number of carbonyl (C=O) groups excluding carboxylic acids is 2. The standard InChI is InChI=1S/C14H15NO4/c16-7-6-15-13(17)10-5-8-19-11-4-2-1-3-9(11)12(10)14(15)18/h1-4,10,12,16H,5-8H2. The molecule has 0 aliphatic carbocycles. The lowest BCUT2D eigenvalue weighted by atomic mass is 9.86. The van der Waals surface area contributed by atoms with Crippen molar-refractivity contribution in [2.45, 2.75) is 12.3 Å². The molecule has 1 aromatic carbocycles. The normalized spacial score (nSPS) is 25.6. The number of hydrogen-bond acceptors (Lipinski definition) is 4. The van der Waals surface area contributed by atoms with Crippen LogP contribution in [-0.2, 0) is 9.59 Å². The van der Waals surface area contributed by atoms with Gasteiger partial charge in [0.2, 0.25) is 11.8 Å². The summed E-state index contributed by atoms with van der Waals surface area (Å²) in [4.78, 5) is 25.8. The zero-order valence-corrected chi connectivity index (χ0v) is 10.4. The van der Waals surface area contributed by atoms with Gasteiger partial charge in [-0.15, -0.1) is 0 Å². The number of imide groups is 1. The molecule has 1 aromatic rings. The zero-order chi connectivity index (χ0) is 13.4. The molecule has 2 atom stereocenters. The fourth-order valence-corrected chi connectivity index (χ4v) is 2.92. The van der Waals surface area contributed by atoms with E-state index in [1.807, 2.05) is 24.3 Å². The molecular weight excluding hydrogens is 246 g/mol. The van der Waals surface area contributed by atoms with Gasteiger partial charge in [0, 0.05) is 5.56 Å². The van der Waals surface area contributed by atoms with Gasteiger partial charge in [0.15, 0.2) is 0 Å². The Balaban J connectivity index is 2.04. The van der Waals surface area contributed by atoms with Gasteiger partial charge in [-0.25, -0.2) is 0 Å². The van der Waals surface area contributed by atoms with Crippen LogP contribution in [0, 0.1) is 5.92 Å². The van der Waals surface area contributed by atoms with E-state index in [2.05, 4.69) is 0 Å². The Bertz CT molecular complexity index is 528. The van der Waals surface area contributed by atoms with Gasteiger partial charge in [-0.3, -0.25) is 14.5 Å². The summed E-state index contributed by atoms with van der Waals surface area (Å²) in [5.74, 6) is -0.547. The van der Waals surface area contributed by atoms with Crippen LogP contribution in [0.1, 0.15) is 17.9 Å². The highest BCUT2D eigenvalue weighted by Gasteiger charge is 2.49. The van der Waals surface area contributed by atoms with Crippen molar-refractivity contribution >= 4 is 11.8 Å². The van der Waals surface area contributed by atoms with Crippen LogP contribution in [-0.4, -0.2) is 41.6 Å². The molecular formula is C14H15NO4. The third-order valence-corrected chi connectivity index (χ3v) is 3.78. The molecule has 1 fully saturated rings. The molecule has 19 heavy (non-hydrogen) atoms. The molecule has 0 radical (unpaired) electrons. The van der Waals surface area contributed by atoms with Crippen LogP contribution in [0.2, 0.25) is 0 Å². The van der Waals surface area contributed by atoms with Gasteiger partial charge in [-0.2, -0.15) is 0 Å². The molecule has 2 amide bonds. The summed E-state index contributed by atoms with van der Waals surface area (Å²) in [6, 6.07) is 7.36. The number of para-hydroxylation sites is 1. The molecule has 0 spiro atoms. The van der Waals surface area contributed by atoms with Crippen LogP contribution in [0.5, 0.6) is 5.75 Å². The predicted octanol–water partition coefficient (Wildman–Crippen LogP) is 0.530. The van der Waals surface area contributed by atoms with E-state index in [1.54, 1.807) is 0 Å². The number of β-amino-alcohol motifs (C(OH)–C–C–N with tert-alkyl or cyclic N) is 1. The van der Waals surface area contributed by atoms with Gasteiger partial charge in [0.05, 0.1) is 31.6 Å². The molecule has 2 aliphatic rings. The van der Waals surface area contributed by atoms with E-state index >= 15 is 0 Å². The van der Waals surface area contributed by atoms with Crippen molar-refractivity contribution in [3.63, 3.8) is 0 Å². The van der Waals surface area contributed by atoms with Crippen LogP contribution in [0.15, 0.2) is 24.3 Å². The first-order valence-electron chi connectivity index (χ1n) is 6.42. The monoisotopic (exact) mass is 261 g/mol. The lowest BCUT2D eigenvalue weighted by molar-refractivity contribution is -0.140. The van der Waals surface area contributed by atoms with Crippen molar-refractivity contribution < 1.29 is 19.4 Å². The highest BCUT2D eigenvalue weighted by atomic mass is 16.5. The molecule has 5 nitrogen and oxygen atoms in total. The Morgan fingerprint density at radius 1 is 1.26 bits per heavy atom. The maximum Gasteiger partial charge on any atom is 0.237 e. The van der Waals surface area contributed by atoms with E-state index < -0.39 is 5.92 Å². The van der Waals surface area contributed by atoms with Crippen molar-refractivity contribution in [1.82, 2.24) is 4.90 Å². The highest BCUT2D eigenvalue weighted by Crippen LogP contribution is 2.42. The predicted molar refractivity (Wildman–Crippen MR) is 66.6 cm³/mol. The van der Waals surface area contributed by atoms with E-state index in [9.17, 15) is 9.59 Å². The lowest BCUT2D eigenvalue weighted by Gasteiger charge is -2.15. The summed E-state index contributed by atoms with van der Waals surface area (Å²) in [5, 5.41) is 8.98. The number of amides is 2. The van der Waals surface area contributed by atoms with Crippen LogP contribution in [0.4, 0.5) is 0 Å². The number of fused-ring (bicyclic) bond motifs is 3. The third-order valence-electron chi connectivity index (χ3n) is 3.78. The minimum atomic E-state index is -0.460. The van der Waals surface area contributed by atoms with Gasteiger partial charge in [0.1, 0.15) is 5.75 Å². The number of nitrogens with zero attached hydrogens (tertiary/aromatic N) is 1. The van der Waals surface area contributed by atoms with Crippen LogP contribution < -0.4 is 4.74 Å². The van der Waals surface area contributed by atoms with Gasteiger partial charge in [0.25, 0.3) is 0 Å². The quantitative estimate of drug-likeness (QED) is 0.789. The molecule has 3 rings (SSSR count). The maximum atomic E-state index is 12.4. The van der Waals surface area contributed by atoms with Gasteiger partial charge >= 0.3 is 0 Å². The second-order valence-electron chi connectivity index (χ2n) is 4.81. The van der Waals surface area contributed by atoms with Crippen LogP contribution in [0.3, 0.4) is 0 Å². The number of benzene rings is 1. The fourth-order valence-electron chi connectivity index (χ4n) is 2.92. The molecule has 1 saturated heterocycles. The number of ether oxygens (including phenoxy) is 1. The first-order valence-corrected chi connectivity index (χ1v) is 6.42. The SMILES string of the molecule is O=C1C2CCOc3ccccc3C2C(=O)N1CCO. The summed E-state index contributed by atoms with van der Waals surface area (Å²) in [5.41, 5.74) is 0.781. The summed E-state index contributed by atoms with van der Waals surface area (Å²) in [6.07, 6.45) is 0.534. The Morgan fingerprint density at radius 3 is 2.84 bits per heavy atom. The molecule has 0 aromatic heterocycles. The van der Waals surface area contributed by atoms with Gasteiger partial charge < -0.3 is 9.84 Å². The van der Waals surface area contributed by atoms with E-state index in [0.717, 1.165) is 5.56 Å². The van der Waals surface area contributed by atoms with Crippen LogP contribution in [0.25, 0.3) is 0 Å². The number of aliphatic hydroxyl groups excluding tert-OH is 1. The maximum absolute atomic E-state index is 12.4. The first kappa shape index (κ1) is 12.2. The van der Waals surface area contributed by atoms with Gasteiger partial charge in [-0.1, -0.05) is 18.2 Å². The largest absolute Gasteiger partial charge is 0.493 e. The average Bonchev–Trinajstić information content (AvgIpc) is 2.59. The van der Waals surface area contributed by atoms with Crippen molar-refractivity contribution in [2.24, 2.45) is 5.92 Å². The number of likely N-dealkylation sites (tertiary alicyclic amines) is 1. The Morgan fingerprint density at radius 2 is 2.05 bits per heavy atom. The Kier molecular flexibility index (Phi) is 2.98. The Hall–Kier alpha value is -1.88. The third kappa shape index (κ3) is 1.81. The minimum absolute atomic E-state index is 0.0771. The van der Waals surface area contributed by atoms with E-state index in [-0.39, 0.29) is 30.9 Å². The summed E-state index contributed by atoms with van der Waals surface area (Å²) >= 11 is 0. The van der Waals surface area contributed by atoms with E-state index in [1.165, 1.54) is 4.90 Å². The molecule has 1 N–H and O–H groups in total. The molecule has 0 saturated carbocycles. The lowest BCUT2D eigenvalue weighted by Crippen LogP contribution is -2.33. The van der Waals surface area contributed by atoms with Crippen molar-refractivity contribution in [3.8, 4) is 5.75 Å². The molecule has 5 heteroatoms. The molecule has 100 valence electrons. The first-order chi connectivity index (χ1) is 9.24. The zero-order valence-electron chi connectivity index (χ0n) is 10.4. The second kappa shape index (κ2) is 4.66. The topological polar surface area (TPSA) is 66.8 Å². The van der Waals surface area contributed by atoms with Crippen molar-refractivity contribution in [2.75, 3.05) is 19.8 Å². The molecule has 0 bridgehead atoms. The van der Waals surface area contributed by atoms with E-state index in [4.69, 9.17) is 9.84 Å². The van der Waals surface area contributed by atoms with E-state index in [0.29, 0.717) is 18.8 Å². The van der Waals surface area contributed by atoms with Crippen molar-refractivity contribution in [3.05, 3.63) is 29.8 Å². The van der Waals surface area contributed by atoms with Gasteiger partial charge in [-0.05, 0) is 12.5 Å². The molecule has 2 aliphatic heterocycles. The number of hydrogen-bond donors (Lipinski definition) is 1. The number of rotatable bonds is 2. The Labute approximate surface area is 110 Å². The summed E-state index contributed by atoms with van der Waals surface area (Å²) in [6.45, 7) is 0.312.